The van der Waals surface area contributed by atoms with Crippen molar-refractivity contribution in [3.63, 3.8) is 0 Å². The van der Waals surface area contributed by atoms with Gasteiger partial charge in [0.25, 0.3) is 5.91 Å². The van der Waals surface area contributed by atoms with Crippen molar-refractivity contribution in [2.75, 3.05) is 12.4 Å². The van der Waals surface area contributed by atoms with Crippen molar-refractivity contribution in [2.24, 2.45) is 0 Å². The number of aryl methyl sites for hydroxylation is 1. The number of oxazole rings is 1. The van der Waals surface area contributed by atoms with E-state index in [0.29, 0.717) is 46.3 Å². The maximum Gasteiger partial charge on any atom is 0.255 e. The van der Waals surface area contributed by atoms with Crippen LogP contribution in [0.4, 0.5) is 5.69 Å². The number of hydrogen-bond acceptors (Lipinski definition) is 5. The van der Waals surface area contributed by atoms with Crippen LogP contribution in [-0.2, 0) is 6.61 Å². The first kappa shape index (κ1) is 22.2. The molecule has 1 aromatic heterocycles. The van der Waals surface area contributed by atoms with Gasteiger partial charge in [-0.25, -0.2) is 4.98 Å². The van der Waals surface area contributed by atoms with Crippen LogP contribution in [0.2, 0.25) is 0 Å². The first-order chi connectivity index (χ1) is 17.1. The molecular weight excluding hydrogens is 440 g/mol. The molecule has 0 aliphatic heterocycles. The minimum absolute atomic E-state index is 0.206. The minimum atomic E-state index is -0.206. The van der Waals surface area contributed by atoms with E-state index in [1.165, 1.54) is 0 Å². The minimum Gasteiger partial charge on any atom is -0.497 e. The average Bonchev–Trinajstić information content (AvgIpc) is 3.33. The number of aromatic nitrogens is 1. The van der Waals surface area contributed by atoms with Crippen LogP contribution in [0.25, 0.3) is 22.6 Å². The highest BCUT2D eigenvalue weighted by atomic mass is 16.5. The fourth-order valence-electron chi connectivity index (χ4n) is 3.69. The third-order valence-electron chi connectivity index (χ3n) is 5.69. The van der Waals surface area contributed by atoms with Crippen molar-refractivity contribution in [1.29, 1.82) is 0 Å². The van der Waals surface area contributed by atoms with E-state index in [4.69, 9.17) is 13.9 Å². The standard InChI is InChI=1S/C29H24N2O4/c1-19-8-9-22(29-31-26-17-24(33-2)14-15-27(26)35-29)16-25(19)30-28(32)21-10-12-23(13-11-21)34-18-20-6-4-3-5-7-20/h3-17H,18H2,1-2H3,(H,30,32). The van der Waals surface area contributed by atoms with Gasteiger partial charge in [0.2, 0.25) is 5.89 Å². The Morgan fingerprint density at radius 1 is 0.914 bits per heavy atom. The number of carbonyl (C=O) groups is 1. The Morgan fingerprint density at radius 2 is 1.69 bits per heavy atom. The number of benzene rings is 4. The van der Waals surface area contributed by atoms with Gasteiger partial charge in [0.1, 0.15) is 23.6 Å². The second kappa shape index (κ2) is 9.73. The van der Waals surface area contributed by atoms with Crippen LogP contribution >= 0.6 is 0 Å². The Labute approximate surface area is 203 Å². The van der Waals surface area contributed by atoms with Gasteiger partial charge in [-0.15, -0.1) is 0 Å². The molecule has 0 aliphatic rings. The molecule has 0 aliphatic carbocycles. The molecule has 0 saturated carbocycles. The molecule has 174 valence electrons. The maximum absolute atomic E-state index is 12.9. The molecule has 35 heavy (non-hydrogen) atoms. The van der Waals surface area contributed by atoms with E-state index >= 15 is 0 Å². The second-order valence-electron chi connectivity index (χ2n) is 8.14. The molecule has 6 heteroatoms. The fraction of sp³-hybridized carbons (Fsp3) is 0.103. The summed E-state index contributed by atoms with van der Waals surface area (Å²) in [6, 6.07) is 28.3. The van der Waals surface area contributed by atoms with Gasteiger partial charge in [0.05, 0.1) is 7.11 Å². The fourth-order valence-corrected chi connectivity index (χ4v) is 3.69. The highest BCUT2D eigenvalue weighted by Crippen LogP contribution is 2.30. The van der Waals surface area contributed by atoms with Crippen LogP contribution in [0.1, 0.15) is 21.5 Å². The molecule has 1 N–H and O–H groups in total. The largest absolute Gasteiger partial charge is 0.497 e. The number of carbonyl (C=O) groups excluding carboxylic acids is 1. The Kier molecular flexibility index (Phi) is 6.18. The molecular formula is C29H24N2O4. The quantitative estimate of drug-likeness (QED) is 0.292. The predicted octanol–water partition coefficient (Wildman–Crippen LogP) is 6.64. The highest BCUT2D eigenvalue weighted by Gasteiger charge is 2.13. The first-order valence-electron chi connectivity index (χ1n) is 11.2. The van der Waals surface area contributed by atoms with Crippen LogP contribution in [0, 0.1) is 6.92 Å². The molecule has 5 rings (SSSR count). The summed E-state index contributed by atoms with van der Waals surface area (Å²) in [6.07, 6.45) is 0. The number of nitrogens with one attached hydrogen (secondary N) is 1. The Hall–Kier alpha value is -4.58. The van der Waals surface area contributed by atoms with Crippen LogP contribution in [-0.4, -0.2) is 18.0 Å². The summed E-state index contributed by atoms with van der Waals surface area (Å²) < 4.78 is 17.0. The van der Waals surface area contributed by atoms with Gasteiger partial charge in [0, 0.05) is 22.9 Å². The first-order valence-corrected chi connectivity index (χ1v) is 11.2. The Balaban J connectivity index is 1.30. The van der Waals surface area contributed by atoms with Gasteiger partial charge in [-0.05, 0) is 66.6 Å². The summed E-state index contributed by atoms with van der Waals surface area (Å²) in [6.45, 7) is 2.41. The second-order valence-corrected chi connectivity index (χ2v) is 8.14. The lowest BCUT2D eigenvalue weighted by molar-refractivity contribution is 0.102. The summed E-state index contributed by atoms with van der Waals surface area (Å²) in [7, 11) is 1.61. The zero-order valence-electron chi connectivity index (χ0n) is 19.4. The molecule has 0 atom stereocenters. The number of ether oxygens (including phenoxy) is 2. The van der Waals surface area contributed by atoms with Gasteiger partial charge >= 0.3 is 0 Å². The third kappa shape index (κ3) is 5.01. The number of anilines is 1. The zero-order valence-corrected chi connectivity index (χ0v) is 19.4. The van der Waals surface area contributed by atoms with E-state index in [-0.39, 0.29) is 5.91 Å². The Morgan fingerprint density at radius 3 is 2.46 bits per heavy atom. The van der Waals surface area contributed by atoms with E-state index in [9.17, 15) is 4.79 Å². The van der Waals surface area contributed by atoms with Crippen molar-refractivity contribution in [1.82, 2.24) is 4.98 Å². The van der Waals surface area contributed by atoms with Gasteiger partial charge in [-0.3, -0.25) is 4.79 Å². The molecule has 0 unspecified atom stereocenters. The molecule has 0 bridgehead atoms. The SMILES string of the molecule is COc1ccc2oc(-c3ccc(C)c(NC(=O)c4ccc(OCc5ccccc5)cc4)c3)nc2c1. The topological polar surface area (TPSA) is 73.6 Å². The molecule has 0 saturated heterocycles. The number of nitrogens with zero attached hydrogens (tertiary/aromatic N) is 1. The summed E-state index contributed by atoms with van der Waals surface area (Å²) in [5, 5.41) is 3.00. The van der Waals surface area contributed by atoms with Gasteiger partial charge < -0.3 is 19.2 Å². The van der Waals surface area contributed by atoms with E-state index in [2.05, 4.69) is 10.3 Å². The third-order valence-corrected chi connectivity index (χ3v) is 5.69. The average molecular weight is 465 g/mol. The van der Waals surface area contributed by atoms with Crippen molar-refractivity contribution < 1.29 is 18.7 Å². The van der Waals surface area contributed by atoms with E-state index < -0.39 is 0 Å². The lowest BCUT2D eigenvalue weighted by atomic mass is 10.1. The lowest BCUT2D eigenvalue weighted by Crippen LogP contribution is -2.12. The van der Waals surface area contributed by atoms with E-state index in [0.717, 1.165) is 16.7 Å². The summed E-state index contributed by atoms with van der Waals surface area (Å²) in [5.41, 5.74) is 5.39. The van der Waals surface area contributed by atoms with Crippen molar-refractivity contribution in [2.45, 2.75) is 13.5 Å². The van der Waals surface area contributed by atoms with Gasteiger partial charge in [-0.2, -0.15) is 0 Å². The molecule has 0 fully saturated rings. The predicted molar refractivity (Wildman–Crippen MR) is 136 cm³/mol. The molecule has 0 spiro atoms. The van der Waals surface area contributed by atoms with E-state index in [1.807, 2.05) is 73.7 Å². The van der Waals surface area contributed by atoms with E-state index in [1.54, 1.807) is 31.4 Å². The van der Waals surface area contributed by atoms with Crippen LogP contribution in [0.3, 0.4) is 0 Å². The number of fused-ring (bicyclic) bond motifs is 1. The lowest BCUT2D eigenvalue weighted by Gasteiger charge is -2.11. The molecule has 4 aromatic carbocycles. The van der Waals surface area contributed by atoms with Gasteiger partial charge in [0.15, 0.2) is 5.58 Å². The number of hydrogen-bond donors (Lipinski definition) is 1. The van der Waals surface area contributed by atoms with Crippen molar-refractivity contribution in [3.8, 4) is 23.0 Å². The highest BCUT2D eigenvalue weighted by molar-refractivity contribution is 6.05. The van der Waals surface area contributed by atoms with Crippen molar-refractivity contribution >= 4 is 22.7 Å². The Bertz CT molecular complexity index is 1470. The molecule has 0 radical (unpaired) electrons. The zero-order chi connectivity index (χ0) is 24.2. The number of amides is 1. The van der Waals surface area contributed by atoms with Crippen LogP contribution in [0.15, 0.2) is 95.4 Å². The smallest absolute Gasteiger partial charge is 0.255 e. The van der Waals surface area contributed by atoms with Crippen LogP contribution < -0.4 is 14.8 Å². The van der Waals surface area contributed by atoms with Gasteiger partial charge in [-0.1, -0.05) is 36.4 Å². The normalized spacial score (nSPS) is 10.8. The summed E-state index contributed by atoms with van der Waals surface area (Å²) >= 11 is 0. The molecule has 6 nitrogen and oxygen atoms in total. The molecule has 1 heterocycles. The van der Waals surface area contributed by atoms with Crippen molar-refractivity contribution in [3.05, 3.63) is 108 Å². The monoisotopic (exact) mass is 464 g/mol. The summed E-state index contributed by atoms with van der Waals surface area (Å²) in [5.74, 6) is 1.69. The summed E-state index contributed by atoms with van der Waals surface area (Å²) in [4.78, 5) is 17.5. The van der Waals surface area contributed by atoms with Crippen LogP contribution in [0.5, 0.6) is 11.5 Å². The maximum atomic E-state index is 12.9. The molecule has 1 amide bonds. The molecule has 5 aromatic rings. The number of methoxy groups -OCH3 is 1. The number of rotatable bonds is 7.